The van der Waals surface area contributed by atoms with E-state index >= 15 is 0 Å². The fraction of sp³-hybridized carbons (Fsp3) is 0.318. The number of rotatable bonds is 7. The number of aliphatic carboxylic acids is 1. The summed E-state index contributed by atoms with van der Waals surface area (Å²) in [5, 5.41) is 9.55. The van der Waals surface area contributed by atoms with Gasteiger partial charge in [0.2, 0.25) is 11.0 Å². The van der Waals surface area contributed by atoms with Gasteiger partial charge in [-0.1, -0.05) is 67.2 Å². The number of carboxylic acid groups (broad SMARTS) is 1. The fourth-order valence-corrected chi connectivity index (χ4v) is 5.32. The Bertz CT molecular complexity index is 872. The van der Waals surface area contributed by atoms with Crippen molar-refractivity contribution in [2.45, 2.75) is 29.5 Å². The largest absolute Gasteiger partial charge is 1.00 e. The Morgan fingerprint density at radius 3 is 2.30 bits per heavy atom. The van der Waals surface area contributed by atoms with Gasteiger partial charge in [-0.3, -0.25) is 9.59 Å². The van der Waals surface area contributed by atoms with Gasteiger partial charge in [0.1, 0.15) is 6.04 Å². The molecule has 1 saturated heterocycles. The summed E-state index contributed by atoms with van der Waals surface area (Å²) in [7, 11) is 0. The van der Waals surface area contributed by atoms with Crippen LogP contribution in [-0.4, -0.2) is 50.6 Å². The van der Waals surface area contributed by atoms with Crippen molar-refractivity contribution < 1.29 is 72.3 Å². The Hall–Kier alpha value is -0.614. The van der Waals surface area contributed by atoms with Gasteiger partial charge in [0.15, 0.2) is 0 Å². The number of thioether (sulfide) groups is 2. The van der Waals surface area contributed by atoms with Crippen LogP contribution in [-0.2, 0) is 9.59 Å². The van der Waals surface area contributed by atoms with E-state index in [1.165, 1.54) is 4.90 Å². The number of carboxylic acids is 1. The number of hydrogen-bond acceptors (Lipinski definition) is 5. The third-order valence-electron chi connectivity index (χ3n) is 4.77. The zero-order chi connectivity index (χ0) is 20.8. The molecular weight excluding hydrogens is 445 g/mol. The summed E-state index contributed by atoms with van der Waals surface area (Å²) >= 11 is 2.70. The summed E-state index contributed by atoms with van der Waals surface area (Å²) in [6.07, 6.45) is 0.420. The number of likely N-dealkylation sites (tertiary alicyclic amines) is 1. The molecule has 0 radical (unpaired) electrons. The van der Waals surface area contributed by atoms with Crippen molar-refractivity contribution >= 4 is 40.5 Å². The molecule has 2 aromatic carbocycles. The predicted octanol–water partition coefficient (Wildman–Crippen LogP) is 1.16. The van der Waals surface area contributed by atoms with Gasteiger partial charge in [-0.2, -0.15) is 0 Å². The van der Waals surface area contributed by atoms with Crippen LogP contribution in [0.25, 0.3) is 0 Å². The van der Waals surface area contributed by atoms with E-state index in [0.29, 0.717) is 24.3 Å². The van der Waals surface area contributed by atoms with E-state index in [1.54, 1.807) is 43.0 Å². The maximum atomic E-state index is 12.9. The summed E-state index contributed by atoms with van der Waals surface area (Å²) in [6, 6.07) is 17.9. The van der Waals surface area contributed by atoms with Gasteiger partial charge in [0.25, 0.3) is 0 Å². The number of benzene rings is 2. The molecule has 3 rings (SSSR count). The van der Waals surface area contributed by atoms with Crippen LogP contribution in [0, 0.1) is 5.92 Å². The molecule has 0 bridgehead atoms. The van der Waals surface area contributed by atoms with Crippen LogP contribution in [0.1, 0.15) is 25.1 Å². The molecule has 1 amide bonds. The first-order valence-electron chi connectivity index (χ1n) is 9.43. The molecule has 1 aliphatic heterocycles. The number of hydrogen-bond donors (Lipinski definition) is 1. The van der Waals surface area contributed by atoms with E-state index < -0.39 is 17.9 Å². The van der Waals surface area contributed by atoms with Crippen LogP contribution in [0.3, 0.4) is 0 Å². The molecule has 0 spiro atoms. The molecule has 0 saturated carbocycles. The van der Waals surface area contributed by atoms with Gasteiger partial charge < -0.3 is 11.4 Å². The normalized spacial score (nSPS) is 19.0. The summed E-state index contributed by atoms with van der Waals surface area (Å²) in [5.41, 5.74) is 0.598. The Kier molecular flexibility index (Phi) is 10.6. The second kappa shape index (κ2) is 12.4. The first-order valence-corrected chi connectivity index (χ1v) is 11.3. The molecule has 30 heavy (non-hydrogen) atoms. The summed E-state index contributed by atoms with van der Waals surface area (Å²) < 4.78 is 0. The predicted molar refractivity (Wildman–Crippen MR) is 117 cm³/mol. The third-order valence-corrected chi connectivity index (χ3v) is 7.16. The zero-order valence-electron chi connectivity index (χ0n) is 18.1. The molecular formula is C22H24KNO4S2. The maximum Gasteiger partial charge on any atom is 1.00 e. The van der Waals surface area contributed by atoms with Gasteiger partial charge in [-0.25, -0.2) is 4.79 Å². The molecule has 154 valence electrons. The molecule has 0 aliphatic carbocycles. The van der Waals surface area contributed by atoms with Gasteiger partial charge in [-0.05, 0) is 18.6 Å². The second-order valence-corrected chi connectivity index (χ2v) is 9.37. The van der Waals surface area contributed by atoms with Gasteiger partial charge in [0.05, 0.1) is 0 Å². The van der Waals surface area contributed by atoms with Crippen molar-refractivity contribution in [1.82, 2.24) is 4.90 Å². The second-order valence-electron chi connectivity index (χ2n) is 7.00. The standard InChI is InChI=1S/C22H23NO4S2.K.H/c1-15(14-28-22(27)16-8-4-2-5-9-16)20(24)23-13-18(12-19(23)21(25)26)29-17-10-6-3-7-11-17;;/h2-11,15,18-19H,12-14H2,1H3,(H,25,26);;/q;+1;-1/t15?,18?,19-;;/m0../s1. The van der Waals surface area contributed by atoms with Crippen LogP contribution >= 0.6 is 23.5 Å². The van der Waals surface area contributed by atoms with Crippen molar-refractivity contribution in [2.24, 2.45) is 5.92 Å². The number of amides is 1. The molecule has 1 N–H and O–H groups in total. The van der Waals surface area contributed by atoms with Gasteiger partial charge >= 0.3 is 57.4 Å². The quantitative estimate of drug-likeness (QED) is 0.614. The summed E-state index contributed by atoms with van der Waals surface area (Å²) in [5.74, 6) is -1.29. The molecule has 5 nitrogen and oxygen atoms in total. The van der Waals surface area contributed by atoms with E-state index in [0.717, 1.165) is 16.7 Å². The van der Waals surface area contributed by atoms with Crippen LogP contribution < -0.4 is 51.4 Å². The Labute approximate surface area is 229 Å². The van der Waals surface area contributed by atoms with Crippen molar-refractivity contribution in [3.8, 4) is 0 Å². The van der Waals surface area contributed by atoms with Crippen LogP contribution in [0.2, 0.25) is 0 Å². The topological polar surface area (TPSA) is 74.7 Å². The molecule has 0 aromatic heterocycles. The summed E-state index contributed by atoms with van der Waals surface area (Å²) in [4.78, 5) is 39.5. The summed E-state index contributed by atoms with van der Waals surface area (Å²) in [6.45, 7) is 2.15. The third kappa shape index (κ3) is 6.95. The minimum absolute atomic E-state index is 0. The molecule has 1 fully saturated rings. The van der Waals surface area contributed by atoms with E-state index in [1.807, 2.05) is 36.4 Å². The smallest absolute Gasteiger partial charge is 1.00 e. The van der Waals surface area contributed by atoms with E-state index in [4.69, 9.17) is 0 Å². The Morgan fingerprint density at radius 1 is 1.10 bits per heavy atom. The molecule has 2 aromatic rings. The van der Waals surface area contributed by atoms with Crippen molar-refractivity contribution in [3.63, 3.8) is 0 Å². The maximum absolute atomic E-state index is 12.9. The average Bonchev–Trinajstić information content (AvgIpc) is 3.16. The Balaban J connectivity index is 0.00000240. The molecule has 8 heteroatoms. The van der Waals surface area contributed by atoms with E-state index in [9.17, 15) is 19.5 Å². The zero-order valence-corrected chi connectivity index (χ0v) is 21.8. The SMILES string of the molecule is CC(CSC(=O)c1ccccc1)C(=O)N1CC(Sc2ccccc2)C[C@H]1C(=O)O.[H-].[K+]. The van der Waals surface area contributed by atoms with Crippen LogP contribution in [0.4, 0.5) is 0 Å². The molecule has 1 heterocycles. The molecule has 2 unspecified atom stereocenters. The first kappa shape index (κ1) is 25.6. The van der Waals surface area contributed by atoms with Crippen molar-refractivity contribution in [1.29, 1.82) is 0 Å². The van der Waals surface area contributed by atoms with Gasteiger partial charge in [0, 0.05) is 33.9 Å². The van der Waals surface area contributed by atoms with Crippen molar-refractivity contribution in [3.05, 3.63) is 66.2 Å². The monoisotopic (exact) mass is 469 g/mol. The van der Waals surface area contributed by atoms with Crippen molar-refractivity contribution in [2.75, 3.05) is 12.3 Å². The molecule has 1 aliphatic rings. The van der Waals surface area contributed by atoms with Crippen LogP contribution in [0.5, 0.6) is 0 Å². The minimum atomic E-state index is -0.977. The number of nitrogens with zero attached hydrogens (tertiary/aromatic N) is 1. The van der Waals surface area contributed by atoms with E-state index in [2.05, 4.69) is 0 Å². The number of carbonyl (C=O) groups is 3. The average molecular weight is 470 g/mol. The Morgan fingerprint density at radius 2 is 1.70 bits per heavy atom. The number of carbonyl (C=O) groups excluding carboxylic acids is 2. The van der Waals surface area contributed by atoms with Gasteiger partial charge in [-0.15, -0.1) is 11.8 Å². The molecule has 3 atom stereocenters. The first-order chi connectivity index (χ1) is 14.0. The van der Waals surface area contributed by atoms with E-state index in [-0.39, 0.29) is 69.1 Å². The fourth-order valence-electron chi connectivity index (χ4n) is 3.26. The van der Waals surface area contributed by atoms with Crippen LogP contribution in [0.15, 0.2) is 65.6 Å². The minimum Gasteiger partial charge on any atom is -1.00 e.